The Bertz CT molecular complexity index is 811. The van der Waals surface area contributed by atoms with Crippen molar-refractivity contribution in [3.05, 3.63) is 51.5 Å². The van der Waals surface area contributed by atoms with E-state index >= 15 is 0 Å². The number of esters is 1. The Morgan fingerprint density at radius 3 is 2.12 bits per heavy atom. The molecule has 0 aliphatic heterocycles. The van der Waals surface area contributed by atoms with Gasteiger partial charge in [-0.1, -0.05) is 23.2 Å². The Morgan fingerprint density at radius 1 is 0.923 bits per heavy atom. The molecule has 0 radical (unpaired) electrons. The van der Waals surface area contributed by atoms with Crippen molar-refractivity contribution in [1.82, 2.24) is 0 Å². The molecule has 2 rings (SSSR count). The van der Waals surface area contributed by atoms with Crippen LogP contribution < -0.4 is 14.2 Å². The van der Waals surface area contributed by atoms with Crippen LogP contribution >= 0.6 is 23.2 Å². The molecular weight excluding hydrogens is 383 g/mol. The predicted molar refractivity (Wildman–Crippen MR) is 97.2 cm³/mol. The minimum atomic E-state index is -0.739. The molecule has 138 valence electrons. The Hall–Kier alpha value is -2.44. The van der Waals surface area contributed by atoms with Crippen LogP contribution in [0.2, 0.25) is 10.0 Å². The van der Waals surface area contributed by atoms with Gasteiger partial charge in [0.05, 0.1) is 42.5 Å². The minimum absolute atomic E-state index is 0.107. The van der Waals surface area contributed by atoms with Gasteiger partial charge in [-0.15, -0.1) is 0 Å². The van der Waals surface area contributed by atoms with E-state index in [4.69, 9.17) is 42.1 Å². The molecule has 0 saturated carbocycles. The predicted octanol–water partition coefficient (Wildman–Crippen LogP) is 4.06. The molecule has 0 spiro atoms. The Morgan fingerprint density at radius 2 is 1.58 bits per heavy atom. The van der Waals surface area contributed by atoms with E-state index in [1.165, 1.54) is 39.5 Å². The van der Waals surface area contributed by atoms with Gasteiger partial charge in [-0.2, -0.15) is 0 Å². The van der Waals surface area contributed by atoms with Crippen LogP contribution in [0.15, 0.2) is 30.3 Å². The largest absolute Gasteiger partial charge is 0.497 e. The van der Waals surface area contributed by atoms with Crippen molar-refractivity contribution in [3.8, 4) is 17.2 Å². The number of Topliss-reactive ketones (excluding diaryl/α,β-unsaturated/α-hetero) is 1. The van der Waals surface area contributed by atoms with Crippen molar-refractivity contribution in [1.29, 1.82) is 0 Å². The minimum Gasteiger partial charge on any atom is -0.497 e. The molecule has 0 atom stereocenters. The number of halogens is 2. The molecule has 0 aromatic heterocycles. The number of carbonyl (C=O) groups is 2. The summed E-state index contributed by atoms with van der Waals surface area (Å²) in [5, 5.41) is 0.324. The normalized spacial score (nSPS) is 10.2. The smallest absolute Gasteiger partial charge is 0.338 e. The van der Waals surface area contributed by atoms with E-state index < -0.39 is 18.4 Å². The van der Waals surface area contributed by atoms with Gasteiger partial charge in [0.25, 0.3) is 0 Å². The highest BCUT2D eigenvalue weighted by Crippen LogP contribution is 2.34. The fourth-order valence-electron chi connectivity index (χ4n) is 2.19. The molecule has 0 aliphatic carbocycles. The molecule has 0 amide bonds. The lowest BCUT2D eigenvalue weighted by molar-refractivity contribution is 0.0474. The summed E-state index contributed by atoms with van der Waals surface area (Å²) in [7, 11) is 4.34. The quantitative estimate of drug-likeness (QED) is 0.517. The van der Waals surface area contributed by atoms with Crippen molar-refractivity contribution < 1.29 is 28.5 Å². The third kappa shape index (κ3) is 4.39. The van der Waals surface area contributed by atoms with E-state index in [1.807, 2.05) is 0 Å². The first kappa shape index (κ1) is 19.9. The summed E-state index contributed by atoms with van der Waals surface area (Å²) in [4.78, 5) is 24.5. The van der Waals surface area contributed by atoms with Crippen LogP contribution in [0.5, 0.6) is 17.2 Å². The standard InChI is InChI=1S/C18H16Cl2O6/c1-23-11-4-5-12(16(8-11)24-2)15(21)9-26-18(22)10-6-13(19)17(25-3)14(20)7-10/h4-8H,9H2,1-3H3. The highest BCUT2D eigenvalue weighted by atomic mass is 35.5. The number of ketones is 1. The van der Waals surface area contributed by atoms with Crippen LogP contribution in [0.25, 0.3) is 0 Å². The van der Waals surface area contributed by atoms with E-state index in [9.17, 15) is 9.59 Å². The number of rotatable bonds is 7. The SMILES string of the molecule is COc1ccc(C(=O)COC(=O)c2cc(Cl)c(OC)c(Cl)c2)c(OC)c1. The summed E-state index contributed by atoms with van der Waals surface area (Å²) in [6.45, 7) is -0.469. The van der Waals surface area contributed by atoms with Crippen molar-refractivity contribution in [2.45, 2.75) is 0 Å². The maximum absolute atomic E-state index is 12.3. The lowest BCUT2D eigenvalue weighted by Crippen LogP contribution is -2.15. The number of carbonyl (C=O) groups excluding carboxylic acids is 2. The molecule has 0 saturated heterocycles. The molecule has 0 aliphatic rings. The summed E-state index contributed by atoms with van der Waals surface area (Å²) in [6, 6.07) is 7.42. The maximum atomic E-state index is 12.3. The number of methoxy groups -OCH3 is 3. The molecule has 8 heteroatoms. The second-order valence-corrected chi connectivity index (χ2v) is 5.85. The van der Waals surface area contributed by atoms with Gasteiger partial charge >= 0.3 is 5.97 Å². The van der Waals surface area contributed by atoms with E-state index in [0.717, 1.165) is 0 Å². The zero-order chi connectivity index (χ0) is 19.3. The van der Waals surface area contributed by atoms with Gasteiger partial charge in [-0.3, -0.25) is 4.79 Å². The van der Waals surface area contributed by atoms with Gasteiger partial charge in [0, 0.05) is 6.07 Å². The van der Waals surface area contributed by atoms with Gasteiger partial charge in [0.15, 0.2) is 12.4 Å². The highest BCUT2D eigenvalue weighted by Gasteiger charge is 2.18. The van der Waals surface area contributed by atoms with E-state index in [2.05, 4.69) is 0 Å². The third-order valence-corrected chi connectivity index (χ3v) is 4.04. The lowest BCUT2D eigenvalue weighted by atomic mass is 10.1. The number of ether oxygens (including phenoxy) is 4. The lowest BCUT2D eigenvalue weighted by Gasteiger charge is -2.11. The molecule has 26 heavy (non-hydrogen) atoms. The molecule has 2 aromatic rings. The average Bonchev–Trinajstić information content (AvgIpc) is 2.64. The zero-order valence-corrected chi connectivity index (χ0v) is 15.8. The molecule has 0 heterocycles. The first-order chi connectivity index (χ1) is 12.4. The summed E-state index contributed by atoms with van der Waals surface area (Å²) in [5.74, 6) is -0.0522. The molecule has 0 unspecified atom stereocenters. The van der Waals surface area contributed by atoms with Gasteiger partial charge in [0.2, 0.25) is 5.78 Å². The maximum Gasteiger partial charge on any atom is 0.338 e. The average molecular weight is 399 g/mol. The Kier molecular flexibility index (Phi) is 6.71. The summed E-state index contributed by atoms with van der Waals surface area (Å²) >= 11 is 12.0. The molecular formula is C18H16Cl2O6. The summed E-state index contributed by atoms with van der Waals surface area (Å²) < 4.78 is 20.3. The fraction of sp³-hybridized carbons (Fsp3) is 0.222. The highest BCUT2D eigenvalue weighted by molar-refractivity contribution is 6.37. The summed E-state index contributed by atoms with van der Waals surface area (Å²) in [6.07, 6.45) is 0. The van der Waals surface area contributed by atoms with Crippen LogP contribution in [0.3, 0.4) is 0 Å². The molecule has 6 nitrogen and oxygen atoms in total. The topological polar surface area (TPSA) is 71.1 Å². The molecule has 2 aromatic carbocycles. The zero-order valence-electron chi connectivity index (χ0n) is 14.3. The van der Waals surface area contributed by atoms with Crippen molar-refractivity contribution >= 4 is 35.0 Å². The number of hydrogen-bond donors (Lipinski definition) is 0. The van der Waals surface area contributed by atoms with Crippen LogP contribution in [0, 0.1) is 0 Å². The first-order valence-corrected chi connectivity index (χ1v) is 8.12. The molecule has 0 bridgehead atoms. The monoisotopic (exact) mass is 398 g/mol. The van der Waals surface area contributed by atoms with E-state index in [-0.39, 0.29) is 26.9 Å². The number of benzene rings is 2. The second-order valence-electron chi connectivity index (χ2n) is 5.04. The molecule has 0 N–H and O–H groups in total. The van der Waals surface area contributed by atoms with Gasteiger partial charge in [-0.05, 0) is 24.3 Å². The van der Waals surface area contributed by atoms with Crippen molar-refractivity contribution in [2.24, 2.45) is 0 Å². The van der Waals surface area contributed by atoms with E-state index in [0.29, 0.717) is 11.5 Å². The third-order valence-electron chi connectivity index (χ3n) is 3.48. The van der Waals surface area contributed by atoms with Crippen molar-refractivity contribution in [2.75, 3.05) is 27.9 Å². The van der Waals surface area contributed by atoms with E-state index in [1.54, 1.807) is 12.1 Å². The summed E-state index contributed by atoms with van der Waals surface area (Å²) in [5.41, 5.74) is 0.377. The Labute approximate surface area is 160 Å². The fourth-order valence-corrected chi connectivity index (χ4v) is 2.84. The van der Waals surface area contributed by atoms with Gasteiger partial charge < -0.3 is 18.9 Å². The van der Waals surface area contributed by atoms with Gasteiger partial charge in [-0.25, -0.2) is 4.79 Å². The van der Waals surface area contributed by atoms with Crippen LogP contribution in [-0.4, -0.2) is 39.7 Å². The van der Waals surface area contributed by atoms with Crippen LogP contribution in [-0.2, 0) is 4.74 Å². The van der Waals surface area contributed by atoms with Gasteiger partial charge in [0.1, 0.15) is 11.5 Å². The first-order valence-electron chi connectivity index (χ1n) is 7.36. The Balaban J connectivity index is 2.11. The second kappa shape index (κ2) is 8.78. The number of hydrogen-bond acceptors (Lipinski definition) is 6. The van der Waals surface area contributed by atoms with Crippen LogP contribution in [0.4, 0.5) is 0 Å². The van der Waals surface area contributed by atoms with Crippen LogP contribution in [0.1, 0.15) is 20.7 Å². The van der Waals surface area contributed by atoms with Crippen molar-refractivity contribution in [3.63, 3.8) is 0 Å². The molecule has 0 fully saturated rings.